The van der Waals surface area contributed by atoms with Crippen molar-refractivity contribution in [2.75, 3.05) is 6.61 Å². The van der Waals surface area contributed by atoms with E-state index >= 15 is 0 Å². The monoisotopic (exact) mass is 120 g/mol. The van der Waals surface area contributed by atoms with E-state index in [1.807, 2.05) is 13.8 Å². The third-order valence-electron chi connectivity index (χ3n) is 0.526. The summed E-state index contributed by atoms with van der Waals surface area (Å²) in [6.07, 6.45) is 0. The Hall–Kier alpha value is -0.170. The first kappa shape index (κ1) is 6.83. The van der Waals surface area contributed by atoms with E-state index in [0.29, 0.717) is 6.61 Å². The quantitative estimate of drug-likeness (QED) is 0.508. The second kappa shape index (κ2) is 4.00. The Morgan fingerprint density at radius 2 is 2.43 bits per heavy atom. The zero-order valence-electron chi connectivity index (χ0n) is 4.57. The van der Waals surface area contributed by atoms with Crippen molar-refractivity contribution in [3.63, 3.8) is 0 Å². The van der Waals surface area contributed by atoms with Gasteiger partial charge in [-0.15, -0.1) is 0 Å². The van der Waals surface area contributed by atoms with Gasteiger partial charge in [-0.3, -0.25) is 0 Å². The van der Waals surface area contributed by atoms with Crippen molar-refractivity contribution in [1.29, 1.82) is 0 Å². The number of ether oxygens (including phenoxy) is 1. The van der Waals surface area contributed by atoms with Gasteiger partial charge in [0.2, 0.25) is 0 Å². The van der Waals surface area contributed by atoms with E-state index < -0.39 is 0 Å². The predicted octanol–water partition coefficient (Wildman–Crippen LogP) is 2.12. The molecule has 0 aromatic heterocycles. The van der Waals surface area contributed by atoms with Crippen molar-refractivity contribution in [2.24, 2.45) is 0 Å². The van der Waals surface area contributed by atoms with Gasteiger partial charge in [0.1, 0.15) is 5.76 Å². The van der Waals surface area contributed by atoms with E-state index in [4.69, 9.17) is 16.3 Å². The Morgan fingerprint density at radius 3 is 2.57 bits per heavy atom. The Labute approximate surface area is 48.9 Å². The summed E-state index contributed by atoms with van der Waals surface area (Å²) in [6, 6.07) is 0. The van der Waals surface area contributed by atoms with E-state index in [2.05, 4.69) is 0 Å². The van der Waals surface area contributed by atoms with Gasteiger partial charge >= 0.3 is 0 Å². The van der Waals surface area contributed by atoms with E-state index in [0.717, 1.165) is 5.76 Å². The highest BCUT2D eigenvalue weighted by molar-refractivity contribution is 6.25. The molecule has 2 heteroatoms. The zero-order valence-corrected chi connectivity index (χ0v) is 5.33. The second-order valence-electron chi connectivity index (χ2n) is 1.15. The molecule has 0 aliphatic rings. The molecular formula is C5H9ClO. The van der Waals surface area contributed by atoms with Gasteiger partial charge in [-0.2, -0.15) is 0 Å². The van der Waals surface area contributed by atoms with E-state index in [-0.39, 0.29) is 0 Å². The summed E-state index contributed by atoms with van der Waals surface area (Å²) >= 11 is 5.24. The van der Waals surface area contributed by atoms with Crippen LogP contribution in [0.25, 0.3) is 0 Å². The Bertz CT molecular complexity index is 68.5. The maximum atomic E-state index is 5.24. The molecule has 0 aliphatic heterocycles. The van der Waals surface area contributed by atoms with Crippen molar-refractivity contribution in [3.8, 4) is 0 Å². The lowest BCUT2D eigenvalue weighted by Gasteiger charge is -1.97. The number of allylic oxidation sites excluding steroid dienone is 1. The van der Waals surface area contributed by atoms with Gasteiger partial charge in [0, 0.05) is 5.54 Å². The molecule has 0 aromatic rings. The molecule has 1 nitrogen and oxygen atoms in total. The summed E-state index contributed by atoms with van der Waals surface area (Å²) in [5, 5.41) is 0. The molecule has 0 spiro atoms. The fourth-order valence-electron chi connectivity index (χ4n) is 0.259. The third-order valence-corrected chi connectivity index (χ3v) is 0.833. The van der Waals surface area contributed by atoms with Crippen LogP contribution in [-0.4, -0.2) is 6.61 Å². The highest BCUT2D eigenvalue weighted by Gasteiger charge is 1.79. The lowest BCUT2D eigenvalue weighted by Crippen LogP contribution is -1.83. The van der Waals surface area contributed by atoms with Crippen LogP contribution in [-0.2, 0) is 4.74 Å². The summed E-state index contributed by atoms with van der Waals surface area (Å²) in [4.78, 5) is 0. The average molecular weight is 121 g/mol. The predicted molar refractivity (Wildman–Crippen MR) is 31.2 cm³/mol. The van der Waals surface area contributed by atoms with Gasteiger partial charge in [0.05, 0.1) is 6.61 Å². The molecular weight excluding hydrogens is 112 g/mol. The first-order valence-corrected chi connectivity index (χ1v) is 2.64. The normalized spacial score (nSPS) is 11.6. The van der Waals surface area contributed by atoms with Crippen LogP contribution in [0.15, 0.2) is 11.3 Å². The minimum Gasteiger partial charge on any atom is -0.498 e. The maximum absolute atomic E-state index is 5.24. The van der Waals surface area contributed by atoms with Crippen molar-refractivity contribution in [1.82, 2.24) is 0 Å². The summed E-state index contributed by atoms with van der Waals surface area (Å²) < 4.78 is 4.92. The molecule has 0 amide bonds. The Balaban J connectivity index is 3.17. The van der Waals surface area contributed by atoms with E-state index in [1.165, 1.54) is 5.54 Å². The van der Waals surface area contributed by atoms with Gasteiger partial charge in [-0.1, -0.05) is 11.6 Å². The molecule has 0 saturated heterocycles. The first-order valence-electron chi connectivity index (χ1n) is 2.21. The smallest absolute Gasteiger partial charge is 0.104 e. The summed E-state index contributed by atoms with van der Waals surface area (Å²) in [7, 11) is 0. The van der Waals surface area contributed by atoms with Crippen molar-refractivity contribution < 1.29 is 4.74 Å². The number of hydrogen-bond donors (Lipinski definition) is 0. The molecule has 0 fully saturated rings. The molecule has 0 unspecified atom stereocenters. The molecule has 0 aliphatic carbocycles. The van der Waals surface area contributed by atoms with Crippen LogP contribution in [0.3, 0.4) is 0 Å². The second-order valence-corrected chi connectivity index (χ2v) is 1.37. The highest BCUT2D eigenvalue weighted by Crippen LogP contribution is 1.94. The lowest BCUT2D eigenvalue weighted by molar-refractivity contribution is 0.232. The number of rotatable bonds is 2. The molecule has 0 aromatic carbocycles. The lowest BCUT2D eigenvalue weighted by atomic mass is 10.6. The van der Waals surface area contributed by atoms with Crippen molar-refractivity contribution in [3.05, 3.63) is 11.3 Å². The molecule has 0 bridgehead atoms. The molecule has 0 radical (unpaired) electrons. The first-order chi connectivity index (χ1) is 3.31. The van der Waals surface area contributed by atoms with Gasteiger partial charge in [0.15, 0.2) is 0 Å². The minimum atomic E-state index is 0.690. The molecule has 0 rings (SSSR count). The van der Waals surface area contributed by atoms with E-state index in [9.17, 15) is 0 Å². The number of halogens is 1. The van der Waals surface area contributed by atoms with Gasteiger partial charge in [-0.05, 0) is 13.8 Å². The summed E-state index contributed by atoms with van der Waals surface area (Å²) in [5.41, 5.74) is 1.42. The van der Waals surface area contributed by atoms with Gasteiger partial charge in [-0.25, -0.2) is 0 Å². The number of hydrogen-bond acceptors (Lipinski definition) is 1. The van der Waals surface area contributed by atoms with Crippen LogP contribution in [0.1, 0.15) is 13.8 Å². The molecule has 0 atom stereocenters. The fraction of sp³-hybridized carbons (Fsp3) is 0.600. The fourth-order valence-corrected chi connectivity index (χ4v) is 0.322. The van der Waals surface area contributed by atoms with Crippen molar-refractivity contribution >= 4 is 11.6 Å². The van der Waals surface area contributed by atoms with Gasteiger partial charge in [0.25, 0.3) is 0 Å². The molecule has 42 valence electrons. The van der Waals surface area contributed by atoms with Crippen molar-refractivity contribution in [2.45, 2.75) is 13.8 Å². The summed E-state index contributed by atoms with van der Waals surface area (Å²) in [5.74, 6) is 0.768. The molecule has 0 N–H and O–H groups in total. The van der Waals surface area contributed by atoms with Gasteiger partial charge < -0.3 is 4.74 Å². The minimum absolute atomic E-state index is 0.690. The van der Waals surface area contributed by atoms with Crippen LogP contribution < -0.4 is 0 Å². The Kier molecular flexibility index (Phi) is 3.90. The largest absolute Gasteiger partial charge is 0.498 e. The summed E-state index contributed by atoms with van der Waals surface area (Å²) in [6.45, 7) is 4.43. The topological polar surface area (TPSA) is 9.23 Å². The van der Waals surface area contributed by atoms with Crippen LogP contribution in [0, 0.1) is 0 Å². The van der Waals surface area contributed by atoms with Crippen LogP contribution >= 0.6 is 11.6 Å². The standard InChI is InChI=1S/C5H9ClO/c1-3-7-5(2)4-6/h4H,3H2,1-2H3/b5-4+. The van der Waals surface area contributed by atoms with Crippen LogP contribution in [0.4, 0.5) is 0 Å². The maximum Gasteiger partial charge on any atom is 0.104 e. The van der Waals surface area contributed by atoms with Crippen LogP contribution in [0.5, 0.6) is 0 Å². The SMILES string of the molecule is CCO/C(C)=C/Cl. The average Bonchev–Trinajstić information content (AvgIpc) is 1.68. The van der Waals surface area contributed by atoms with Crippen LogP contribution in [0.2, 0.25) is 0 Å². The molecule has 0 heterocycles. The highest BCUT2D eigenvalue weighted by atomic mass is 35.5. The Morgan fingerprint density at radius 1 is 1.86 bits per heavy atom. The molecule has 7 heavy (non-hydrogen) atoms. The third kappa shape index (κ3) is 3.67. The van der Waals surface area contributed by atoms with E-state index in [1.54, 1.807) is 0 Å². The molecule has 0 saturated carbocycles. The zero-order chi connectivity index (χ0) is 5.70.